The van der Waals surface area contributed by atoms with Crippen LogP contribution in [0.4, 0.5) is 8.78 Å². The molecule has 0 spiro atoms. The molecule has 1 atom stereocenters. The highest BCUT2D eigenvalue weighted by molar-refractivity contribution is 5.91. The van der Waals surface area contributed by atoms with Gasteiger partial charge in [0.25, 0.3) is 6.43 Å². The molecule has 2 aromatic rings. The number of rotatable bonds is 3. The van der Waals surface area contributed by atoms with Crippen molar-refractivity contribution in [3.63, 3.8) is 0 Å². The smallest absolute Gasteiger partial charge is 0.257 e. The topological polar surface area (TPSA) is 35.2 Å². The standard InChI is InChI=1S/C13H13F2NO/c1-17-11-7-6-10(12(16)13(14)15)8-4-2-3-5-9(8)11/h2-7,12-13H,16H2,1H3/t12-/m1/s1. The second-order valence-corrected chi connectivity index (χ2v) is 3.76. The predicted molar refractivity (Wildman–Crippen MR) is 63.4 cm³/mol. The minimum atomic E-state index is -2.58. The third-order valence-corrected chi connectivity index (χ3v) is 2.77. The number of hydrogen-bond acceptors (Lipinski definition) is 2. The molecule has 0 saturated heterocycles. The van der Waals surface area contributed by atoms with Crippen LogP contribution in [0.3, 0.4) is 0 Å². The van der Waals surface area contributed by atoms with E-state index >= 15 is 0 Å². The van der Waals surface area contributed by atoms with Crippen LogP contribution in [0.15, 0.2) is 36.4 Å². The largest absolute Gasteiger partial charge is 0.496 e. The summed E-state index contributed by atoms with van der Waals surface area (Å²) in [4.78, 5) is 0. The van der Waals surface area contributed by atoms with Gasteiger partial charge in [-0.2, -0.15) is 0 Å². The van der Waals surface area contributed by atoms with Crippen LogP contribution < -0.4 is 10.5 Å². The van der Waals surface area contributed by atoms with Gasteiger partial charge in [-0.05, 0) is 17.0 Å². The van der Waals surface area contributed by atoms with Gasteiger partial charge in [-0.3, -0.25) is 0 Å². The van der Waals surface area contributed by atoms with Crippen LogP contribution in [0.25, 0.3) is 10.8 Å². The molecule has 2 nitrogen and oxygen atoms in total. The fraction of sp³-hybridized carbons (Fsp3) is 0.231. The number of hydrogen-bond donors (Lipinski definition) is 1. The van der Waals surface area contributed by atoms with Gasteiger partial charge in [0, 0.05) is 5.39 Å². The Morgan fingerprint density at radius 1 is 1.06 bits per heavy atom. The van der Waals surface area contributed by atoms with Crippen LogP contribution in [0.2, 0.25) is 0 Å². The summed E-state index contributed by atoms with van der Waals surface area (Å²) in [6, 6.07) is 9.22. The van der Waals surface area contributed by atoms with Crippen LogP contribution in [0.5, 0.6) is 5.75 Å². The highest BCUT2D eigenvalue weighted by atomic mass is 19.3. The minimum Gasteiger partial charge on any atom is -0.496 e. The van der Waals surface area contributed by atoms with Crippen LogP contribution in [0.1, 0.15) is 11.6 Å². The van der Waals surface area contributed by atoms with E-state index in [1.807, 2.05) is 12.1 Å². The molecule has 0 aromatic heterocycles. The molecule has 2 N–H and O–H groups in total. The van der Waals surface area contributed by atoms with Gasteiger partial charge in [0.1, 0.15) is 5.75 Å². The average molecular weight is 237 g/mol. The van der Waals surface area contributed by atoms with Gasteiger partial charge in [0.05, 0.1) is 13.2 Å². The Morgan fingerprint density at radius 2 is 1.71 bits per heavy atom. The van der Waals surface area contributed by atoms with E-state index in [0.717, 1.165) is 5.39 Å². The van der Waals surface area contributed by atoms with Crippen LogP contribution in [-0.4, -0.2) is 13.5 Å². The molecule has 0 aliphatic rings. The van der Waals surface area contributed by atoms with E-state index in [4.69, 9.17) is 10.5 Å². The first kappa shape index (κ1) is 11.8. The predicted octanol–water partition coefficient (Wildman–Crippen LogP) is 3.11. The molecule has 0 saturated carbocycles. The maximum atomic E-state index is 12.7. The molecule has 0 amide bonds. The highest BCUT2D eigenvalue weighted by Gasteiger charge is 2.20. The number of ether oxygens (including phenoxy) is 1. The van der Waals surface area contributed by atoms with E-state index in [-0.39, 0.29) is 0 Å². The van der Waals surface area contributed by atoms with Crippen LogP contribution >= 0.6 is 0 Å². The molecular weight excluding hydrogens is 224 g/mol. The average Bonchev–Trinajstić information content (AvgIpc) is 2.36. The van der Waals surface area contributed by atoms with Crippen molar-refractivity contribution >= 4 is 10.8 Å². The SMILES string of the molecule is COc1ccc([C@@H](N)C(F)F)c2ccccc12. The number of halogens is 2. The van der Waals surface area contributed by atoms with Gasteiger partial charge in [0.2, 0.25) is 0 Å². The first-order valence-corrected chi connectivity index (χ1v) is 5.24. The van der Waals surface area contributed by atoms with E-state index in [2.05, 4.69) is 0 Å². The molecule has 0 unspecified atom stereocenters. The number of benzene rings is 2. The van der Waals surface area contributed by atoms with Gasteiger partial charge in [-0.25, -0.2) is 8.78 Å². The lowest BCUT2D eigenvalue weighted by Crippen LogP contribution is -2.19. The highest BCUT2D eigenvalue weighted by Crippen LogP contribution is 2.32. The summed E-state index contributed by atoms with van der Waals surface area (Å²) >= 11 is 0. The zero-order valence-corrected chi connectivity index (χ0v) is 9.36. The zero-order valence-electron chi connectivity index (χ0n) is 9.36. The van der Waals surface area contributed by atoms with Crippen molar-refractivity contribution in [3.05, 3.63) is 42.0 Å². The lowest BCUT2D eigenvalue weighted by atomic mass is 9.99. The molecule has 4 heteroatoms. The molecule has 90 valence electrons. The van der Waals surface area contributed by atoms with Gasteiger partial charge in [0.15, 0.2) is 0 Å². The number of nitrogens with two attached hydrogens (primary N) is 1. The van der Waals surface area contributed by atoms with E-state index < -0.39 is 12.5 Å². The van der Waals surface area contributed by atoms with Crippen molar-refractivity contribution in [3.8, 4) is 5.75 Å². The molecule has 17 heavy (non-hydrogen) atoms. The van der Waals surface area contributed by atoms with Crippen molar-refractivity contribution in [2.75, 3.05) is 7.11 Å². The molecule has 0 aliphatic heterocycles. The third-order valence-electron chi connectivity index (χ3n) is 2.77. The van der Waals surface area contributed by atoms with Crippen molar-refractivity contribution in [1.82, 2.24) is 0 Å². The van der Waals surface area contributed by atoms with Crippen molar-refractivity contribution in [2.45, 2.75) is 12.5 Å². The molecule has 2 aromatic carbocycles. The Labute approximate surface area is 98.0 Å². The number of fused-ring (bicyclic) bond motifs is 1. The van der Waals surface area contributed by atoms with Gasteiger partial charge < -0.3 is 10.5 Å². The monoisotopic (exact) mass is 237 g/mol. The summed E-state index contributed by atoms with van der Waals surface area (Å²) in [5.74, 6) is 0.658. The molecular formula is C13H13F2NO. The fourth-order valence-corrected chi connectivity index (χ4v) is 1.90. The molecule has 0 radical (unpaired) electrons. The van der Waals surface area contributed by atoms with E-state index in [1.54, 1.807) is 31.4 Å². The maximum Gasteiger partial charge on any atom is 0.257 e. The lowest BCUT2D eigenvalue weighted by molar-refractivity contribution is 0.117. The van der Waals surface area contributed by atoms with Crippen molar-refractivity contribution < 1.29 is 13.5 Å². The quantitative estimate of drug-likeness (QED) is 0.890. The molecule has 2 rings (SSSR count). The maximum absolute atomic E-state index is 12.7. The van der Waals surface area contributed by atoms with Crippen molar-refractivity contribution in [2.24, 2.45) is 5.73 Å². The van der Waals surface area contributed by atoms with E-state index in [1.165, 1.54) is 0 Å². The normalized spacial score (nSPS) is 13.0. The Hall–Kier alpha value is -1.68. The van der Waals surface area contributed by atoms with E-state index in [9.17, 15) is 8.78 Å². The molecule has 0 aliphatic carbocycles. The molecule has 0 heterocycles. The summed E-state index contributed by atoms with van der Waals surface area (Å²) in [7, 11) is 1.55. The van der Waals surface area contributed by atoms with Gasteiger partial charge >= 0.3 is 0 Å². The summed E-state index contributed by atoms with van der Waals surface area (Å²) < 4.78 is 30.5. The molecule has 0 bridgehead atoms. The van der Waals surface area contributed by atoms with Crippen molar-refractivity contribution in [1.29, 1.82) is 0 Å². The second-order valence-electron chi connectivity index (χ2n) is 3.76. The van der Waals surface area contributed by atoms with Gasteiger partial charge in [-0.1, -0.05) is 30.3 Å². The zero-order chi connectivity index (χ0) is 12.4. The Bertz CT molecular complexity index is 528. The molecule has 0 fully saturated rings. The summed E-state index contributed by atoms with van der Waals surface area (Å²) in [5.41, 5.74) is 5.95. The third kappa shape index (κ3) is 2.08. The summed E-state index contributed by atoms with van der Waals surface area (Å²) in [6.07, 6.45) is -2.58. The lowest BCUT2D eigenvalue weighted by Gasteiger charge is -2.15. The van der Waals surface area contributed by atoms with Gasteiger partial charge in [-0.15, -0.1) is 0 Å². The summed E-state index contributed by atoms with van der Waals surface area (Å²) in [5, 5.41) is 1.50. The first-order chi connectivity index (χ1) is 8.15. The second kappa shape index (κ2) is 4.67. The fourth-order valence-electron chi connectivity index (χ4n) is 1.90. The number of methoxy groups -OCH3 is 1. The Morgan fingerprint density at radius 3 is 2.29 bits per heavy atom. The van der Waals surface area contributed by atoms with Crippen LogP contribution in [-0.2, 0) is 0 Å². The Balaban J connectivity index is 2.66. The van der Waals surface area contributed by atoms with E-state index in [0.29, 0.717) is 16.7 Å². The minimum absolute atomic E-state index is 0.441. The first-order valence-electron chi connectivity index (χ1n) is 5.24. The summed E-state index contributed by atoms with van der Waals surface area (Å²) in [6.45, 7) is 0. The number of alkyl halides is 2. The van der Waals surface area contributed by atoms with Crippen LogP contribution in [0, 0.1) is 0 Å². The Kier molecular flexibility index (Phi) is 3.24.